The average molecular weight is 403 g/mol. The molecule has 0 spiro atoms. The molecule has 0 saturated carbocycles. The van der Waals surface area contributed by atoms with Crippen LogP contribution in [0.5, 0.6) is 0 Å². The third-order valence-electron chi connectivity index (χ3n) is 5.47. The van der Waals surface area contributed by atoms with Crippen LogP contribution in [-0.2, 0) is 6.42 Å². The molecule has 3 heterocycles. The summed E-state index contributed by atoms with van der Waals surface area (Å²) < 4.78 is 1.76. The molecule has 1 aliphatic rings. The van der Waals surface area contributed by atoms with Crippen molar-refractivity contribution in [3.8, 4) is 5.69 Å². The standard InChI is InChI=1S/C23H19ClN4O/c1-14-12-16-8-6-7-11-19(16)27(14)23(29)18-13-25-22-20(21(18)24)15(2)26-28(22)17-9-4-3-5-10-17/h3-11,13-14H,12H2,1-2H3/t14-/m1/s1. The van der Waals surface area contributed by atoms with Gasteiger partial charge in [0.15, 0.2) is 5.65 Å². The number of benzene rings is 2. The lowest BCUT2D eigenvalue weighted by Crippen LogP contribution is -2.36. The van der Waals surface area contributed by atoms with Gasteiger partial charge in [0, 0.05) is 17.9 Å². The van der Waals surface area contributed by atoms with Gasteiger partial charge in [0.1, 0.15) is 0 Å². The van der Waals surface area contributed by atoms with Gasteiger partial charge in [-0.2, -0.15) is 5.10 Å². The van der Waals surface area contributed by atoms with E-state index in [4.69, 9.17) is 11.6 Å². The molecular weight excluding hydrogens is 384 g/mol. The third kappa shape index (κ3) is 2.73. The fourth-order valence-electron chi connectivity index (χ4n) is 4.11. The Bertz CT molecular complexity index is 1250. The van der Waals surface area contributed by atoms with E-state index in [1.807, 2.05) is 60.4 Å². The van der Waals surface area contributed by atoms with Crippen LogP contribution in [0.25, 0.3) is 16.7 Å². The van der Waals surface area contributed by atoms with Crippen molar-refractivity contribution in [2.24, 2.45) is 0 Å². The fraction of sp³-hybridized carbons (Fsp3) is 0.174. The van der Waals surface area contributed by atoms with Crippen molar-refractivity contribution < 1.29 is 4.79 Å². The van der Waals surface area contributed by atoms with Crippen LogP contribution in [0.3, 0.4) is 0 Å². The van der Waals surface area contributed by atoms with Crippen molar-refractivity contribution in [3.05, 3.63) is 82.6 Å². The van der Waals surface area contributed by atoms with E-state index < -0.39 is 0 Å². The summed E-state index contributed by atoms with van der Waals surface area (Å²) in [5.41, 5.74) is 4.80. The Labute approximate surface area is 173 Å². The monoisotopic (exact) mass is 402 g/mol. The normalized spacial score (nSPS) is 15.7. The Hall–Kier alpha value is -3.18. The quantitative estimate of drug-likeness (QED) is 0.475. The van der Waals surface area contributed by atoms with Crippen molar-refractivity contribution >= 4 is 34.2 Å². The van der Waals surface area contributed by atoms with Crippen LogP contribution in [-0.4, -0.2) is 26.7 Å². The minimum absolute atomic E-state index is 0.0693. The van der Waals surface area contributed by atoms with E-state index in [9.17, 15) is 4.79 Å². The van der Waals surface area contributed by atoms with Gasteiger partial charge in [0.2, 0.25) is 0 Å². The fourth-order valence-corrected chi connectivity index (χ4v) is 4.46. The highest BCUT2D eigenvalue weighted by molar-refractivity contribution is 6.39. The first-order valence-electron chi connectivity index (χ1n) is 9.57. The Morgan fingerprint density at radius 3 is 2.62 bits per heavy atom. The molecule has 144 valence electrons. The van der Waals surface area contributed by atoms with Crippen LogP contribution < -0.4 is 4.90 Å². The maximum Gasteiger partial charge on any atom is 0.261 e. The first-order chi connectivity index (χ1) is 14.1. The first kappa shape index (κ1) is 17.9. The molecule has 0 unspecified atom stereocenters. The highest BCUT2D eigenvalue weighted by Crippen LogP contribution is 2.36. The topological polar surface area (TPSA) is 51.0 Å². The summed E-state index contributed by atoms with van der Waals surface area (Å²) in [6, 6.07) is 17.8. The molecule has 5 rings (SSSR count). The molecule has 1 aliphatic heterocycles. The SMILES string of the molecule is Cc1nn(-c2ccccc2)c2ncc(C(=O)N3c4ccccc4C[C@H]3C)c(Cl)c12. The molecule has 0 fully saturated rings. The summed E-state index contributed by atoms with van der Waals surface area (Å²) in [5.74, 6) is -0.131. The number of carbonyl (C=O) groups is 1. The molecule has 2 aromatic carbocycles. The van der Waals surface area contributed by atoms with Crippen molar-refractivity contribution in [3.63, 3.8) is 0 Å². The summed E-state index contributed by atoms with van der Waals surface area (Å²) in [4.78, 5) is 19.8. The lowest BCUT2D eigenvalue weighted by molar-refractivity contribution is 0.0981. The average Bonchev–Trinajstić information content (AvgIpc) is 3.25. The van der Waals surface area contributed by atoms with Gasteiger partial charge in [-0.3, -0.25) is 4.79 Å². The van der Waals surface area contributed by atoms with E-state index in [-0.39, 0.29) is 11.9 Å². The number of aromatic nitrogens is 3. The summed E-state index contributed by atoms with van der Waals surface area (Å²) >= 11 is 6.75. The van der Waals surface area contributed by atoms with E-state index in [1.54, 1.807) is 10.9 Å². The Morgan fingerprint density at radius 1 is 1.10 bits per heavy atom. The summed E-state index contributed by atoms with van der Waals surface area (Å²) in [7, 11) is 0. The van der Waals surface area contributed by atoms with Gasteiger partial charge in [-0.1, -0.05) is 48.0 Å². The predicted molar refractivity (Wildman–Crippen MR) is 115 cm³/mol. The van der Waals surface area contributed by atoms with E-state index in [0.717, 1.165) is 23.5 Å². The molecule has 0 N–H and O–H groups in total. The van der Waals surface area contributed by atoms with E-state index in [2.05, 4.69) is 23.1 Å². The Kier molecular flexibility index (Phi) is 4.14. The van der Waals surface area contributed by atoms with Crippen LogP contribution in [0.1, 0.15) is 28.5 Å². The summed E-state index contributed by atoms with van der Waals surface area (Å²) in [5, 5.41) is 5.72. The number of fused-ring (bicyclic) bond motifs is 2. The van der Waals surface area contributed by atoms with Crippen LogP contribution in [0.15, 0.2) is 60.8 Å². The number of pyridine rings is 1. The smallest absolute Gasteiger partial charge is 0.261 e. The maximum atomic E-state index is 13.4. The van der Waals surface area contributed by atoms with Crippen LogP contribution in [0.2, 0.25) is 5.02 Å². The molecular formula is C23H19ClN4O. The molecule has 0 radical (unpaired) electrons. The zero-order valence-electron chi connectivity index (χ0n) is 16.1. The number of nitrogens with zero attached hydrogens (tertiary/aromatic N) is 4. The van der Waals surface area contributed by atoms with Crippen molar-refractivity contribution in [1.29, 1.82) is 0 Å². The number of anilines is 1. The van der Waals surface area contributed by atoms with Crippen LogP contribution in [0.4, 0.5) is 5.69 Å². The maximum absolute atomic E-state index is 13.4. The zero-order valence-corrected chi connectivity index (χ0v) is 16.9. The highest BCUT2D eigenvalue weighted by atomic mass is 35.5. The molecule has 0 saturated heterocycles. The number of para-hydroxylation sites is 2. The number of aryl methyl sites for hydroxylation is 1. The number of rotatable bonds is 2. The van der Waals surface area contributed by atoms with E-state index in [1.165, 1.54) is 5.56 Å². The highest BCUT2D eigenvalue weighted by Gasteiger charge is 2.33. The van der Waals surface area contributed by atoms with Crippen molar-refractivity contribution in [2.45, 2.75) is 26.3 Å². The minimum Gasteiger partial charge on any atom is -0.305 e. The van der Waals surface area contributed by atoms with Crippen molar-refractivity contribution in [2.75, 3.05) is 4.90 Å². The Morgan fingerprint density at radius 2 is 1.83 bits per heavy atom. The number of hydrogen-bond donors (Lipinski definition) is 0. The molecule has 0 aliphatic carbocycles. The molecule has 6 heteroatoms. The number of amides is 1. The van der Waals surface area contributed by atoms with Gasteiger partial charge in [0.05, 0.1) is 27.4 Å². The number of hydrogen-bond acceptors (Lipinski definition) is 3. The van der Waals surface area contributed by atoms with Gasteiger partial charge in [0.25, 0.3) is 5.91 Å². The summed E-state index contributed by atoms with van der Waals surface area (Å²) in [6.45, 7) is 3.94. The van der Waals surface area contributed by atoms with E-state index >= 15 is 0 Å². The zero-order chi connectivity index (χ0) is 20.1. The molecule has 0 bridgehead atoms. The Balaban J connectivity index is 1.63. The van der Waals surface area contributed by atoms with Gasteiger partial charge < -0.3 is 4.90 Å². The number of carbonyl (C=O) groups excluding carboxylic acids is 1. The lowest BCUT2D eigenvalue weighted by atomic mass is 10.1. The third-order valence-corrected chi connectivity index (χ3v) is 5.86. The van der Waals surface area contributed by atoms with E-state index in [0.29, 0.717) is 21.6 Å². The van der Waals surface area contributed by atoms with Crippen LogP contribution >= 0.6 is 11.6 Å². The minimum atomic E-state index is -0.131. The largest absolute Gasteiger partial charge is 0.305 e. The second-order valence-electron chi connectivity index (χ2n) is 7.37. The van der Waals surface area contributed by atoms with Gasteiger partial charge in [-0.25, -0.2) is 9.67 Å². The van der Waals surface area contributed by atoms with Gasteiger partial charge >= 0.3 is 0 Å². The second kappa shape index (κ2) is 6.71. The molecule has 4 aromatic rings. The predicted octanol–water partition coefficient (Wildman–Crippen LogP) is 4.97. The van der Waals surface area contributed by atoms with Gasteiger partial charge in [-0.05, 0) is 44.0 Å². The molecule has 5 nitrogen and oxygen atoms in total. The lowest BCUT2D eigenvalue weighted by Gasteiger charge is -2.23. The summed E-state index contributed by atoms with van der Waals surface area (Å²) in [6.07, 6.45) is 2.40. The second-order valence-corrected chi connectivity index (χ2v) is 7.75. The van der Waals surface area contributed by atoms with Crippen molar-refractivity contribution in [1.82, 2.24) is 14.8 Å². The molecule has 1 amide bonds. The van der Waals surface area contributed by atoms with Crippen LogP contribution in [0, 0.1) is 6.92 Å². The van der Waals surface area contributed by atoms with Gasteiger partial charge in [-0.15, -0.1) is 0 Å². The molecule has 1 atom stereocenters. The first-order valence-corrected chi connectivity index (χ1v) is 9.94. The molecule has 2 aromatic heterocycles. The number of halogens is 1. The molecule has 29 heavy (non-hydrogen) atoms.